The van der Waals surface area contributed by atoms with E-state index in [1.54, 1.807) is 0 Å². The van der Waals surface area contributed by atoms with E-state index in [4.69, 9.17) is 5.11 Å². The normalized spacial score (nSPS) is 13.2. The molecule has 2 unspecified atom stereocenters. The fourth-order valence-electron chi connectivity index (χ4n) is 2.32. The summed E-state index contributed by atoms with van der Waals surface area (Å²) in [5, 5.41) is 26.6. The van der Waals surface area contributed by atoms with Gasteiger partial charge < -0.3 is 15.5 Å². The lowest BCUT2D eigenvalue weighted by atomic mass is 9.95. The Morgan fingerprint density at radius 2 is 1.96 bits per heavy atom. The number of amides is 1. The molecule has 0 aliphatic heterocycles. The molecule has 1 aromatic heterocycles. The van der Waals surface area contributed by atoms with Gasteiger partial charge in [-0.3, -0.25) is 14.6 Å². The van der Waals surface area contributed by atoms with Gasteiger partial charge in [-0.15, -0.1) is 5.10 Å². The van der Waals surface area contributed by atoms with Gasteiger partial charge in [0.15, 0.2) is 0 Å². The highest BCUT2D eigenvalue weighted by Gasteiger charge is 2.24. The number of hydrogen-bond acceptors (Lipinski definition) is 5. The van der Waals surface area contributed by atoms with Crippen LogP contribution in [0.3, 0.4) is 0 Å². The number of aliphatic hydroxyl groups excluding tert-OH is 1. The molecule has 1 aromatic carbocycles. The molecule has 128 valence electrons. The zero-order chi connectivity index (χ0) is 17.5. The van der Waals surface area contributed by atoms with Gasteiger partial charge in [-0.2, -0.15) is 0 Å². The van der Waals surface area contributed by atoms with E-state index in [1.165, 1.54) is 0 Å². The fraction of sp³-hybridized carbons (Fsp3) is 0.333. The number of carboxylic acids is 1. The van der Waals surface area contributed by atoms with Gasteiger partial charge >= 0.3 is 11.7 Å². The average Bonchev–Trinajstić information content (AvgIpc) is 2.99. The van der Waals surface area contributed by atoms with E-state index in [0.717, 1.165) is 5.56 Å². The van der Waals surface area contributed by atoms with Crippen molar-refractivity contribution in [2.75, 3.05) is 6.61 Å². The number of carbonyl (C=O) groups is 2. The molecule has 1 amide bonds. The first-order valence-corrected chi connectivity index (χ1v) is 7.32. The monoisotopic (exact) mass is 334 g/mol. The van der Waals surface area contributed by atoms with Crippen molar-refractivity contribution in [3.05, 3.63) is 52.2 Å². The Bertz CT molecular complexity index is 740. The van der Waals surface area contributed by atoms with Crippen molar-refractivity contribution < 1.29 is 19.8 Å². The molecule has 0 aliphatic rings. The van der Waals surface area contributed by atoms with Crippen LogP contribution in [0.5, 0.6) is 0 Å². The van der Waals surface area contributed by atoms with E-state index in [-0.39, 0.29) is 12.2 Å². The number of nitrogens with one attached hydrogen (secondary N) is 3. The number of H-pyrrole nitrogens is 2. The first kappa shape index (κ1) is 17.4. The van der Waals surface area contributed by atoms with Gasteiger partial charge in [0.1, 0.15) is 0 Å². The molecule has 24 heavy (non-hydrogen) atoms. The molecule has 0 saturated carbocycles. The number of carbonyl (C=O) groups excluding carboxylic acids is 1. The standard InChI is InChI=1S/C15H18N4O5/c20-8-10(14(22)23)7-11(6-9-4-2-1-3-5-9)16-13(21)12-17-15(24)19-18-12/h1-5,10-11,20H,6-8H2,(H,16,21)(H,22,23)(H2,17,18,19,24). The highest BCUT2D eigenvalue weighted by Crippen LogP contribution is 2.12. The maximum atomic E-state index is 12.1. The van der Waals surface area contributed by atoms with Crippen molar-refractivity contribution in [2.24, 2.45) is 5.92 Å². The van der Waals surface area contributed by atoms with E-state index in [0.29, 0.717) is 6.42 Å². The molecule has 0 radical (unpaired) electrons. The first-order chi connectivity index (χ1) is 11.5. The van der Waals surface area contributed by atoms with Gasteiger partial charge in [-0.25, -0.2) is 9.89 Å². The summed E-state index contributed by atoms with van der Waals surface area (Å²) in [4.78, 5) is 36.5. The molecule has 0 spiro atoms. The van der Waals surface area contributed by atoms with Crippen molar-refractivity contribution >= 4 is 11.9 Å². The lowest BCUT2D eigenvalue weighted by molar-refractivity contribution is -0.143. The Morgan fingerprint density at radius 3 is 2.50 bits per heavy atom. The molecule has 0 saturated heterocycles. The number of hydrogen-bond donors (Lipinski definition) is 5. The van der Waals surface area contributed by atoms with Crippen LogP contribution in [0.15, 0.2) is 35.1 Å². The molecular formula is C15H18N4O5. The molecule has 2 atom stereocenters. The van der Waals surface area contributed by atoms with Gasteiger partial charge in [0.25, 0.3) is 5.91 Å². The van der Waals surface area contributed by atoms with Crippen LogP contribution in [0, 0.1) is 5.92 Å². The molecule has 2 rings (SSSR count). The maximum Gasteiger partial charge on any atom is 0.341 e. The van der Waals surface area contributed by atoms with Gasteiger partial charge in [0.05, 0.1) is 12.5 Å². The Labute approximate surface area is 136 Å². The molecule has 1 heterocycles. The van der Waals surface area contributed by atoms with Crippen LogP contribution >= 0.6 is 0 Å². The largest absolute Gasteiger partial charge is 0.481 e. The molecule has 9 heteroatoms. The smallest absolute Gasteiger partial charge is 0.341 e. The predicted molar refractivity (Wildman–Crippen MR) is 83.4 cm³/mol. The van der Waals surface area contributed by atoms with Crippen LogP contribution in [-0.2, 0) is 11.2 Å². The zero-order valence-corrected chi connectivity index (χ0v) is 12.7. The number of rotatable bonds is 8. The molecule has 0 aliphatic carbocycles. The number of aliphatic hydroxyl groups is 1. The second kappa shape index (κ2) is 8.06. The zero-order valence-electron chi connectivity index (χ0n) is 12.7. The summed E-state index contributed by atoms with van der Waals surface area (Å²) in [6, 6.07) is 8.67. The molecular weight excluding hydrogens is 316 g/mol. The van der Waals surface area contributed by atoms with E-state index in [1.807, 2.05) is 30.3 Å². The molecule has 0 fully saturated rings. The second-order valence-corrected chi connectivity index (χ2v) is 5.34. The van der Waals surface area contributed by atoms with Crippen molar-refractivity contribution in [1.82, 2.24) is 20.5 Å². The topological polar surface area (TPSA) is 148 Å². The number of nitrogens with zero attached hydrogens (tertiary/aromatic N) is 1. The van der Waals surface area contributed by atoms with Crippen molar-refractivity contribution in [3.8, 4) is 0 Å². The Balaban J connectivity index is 2.13. The van der Waals surface area contributed by atoms with Gasteiger partial charge in [-0.1, -0.05) is 30.3 Å². The minimum atomic E-state index is -1.14. The summed E-state index contributed by atoms with van der Waals surface area (Å²) in [6.07, 6.45) is 0.423. The van der Waals surface area contributed by atoms with Crippen molar-refractivity contribution in [2.45, 2.75) is 18.9 Å². The number of carboxylic acid groups (broad SMARTS) is 1. The van der Waals surface area contributed by atoms with E-state index in [9.17, 15) is 19.5 Å². The van der Waals surface area contributed by atoms with Crippen LogP contribution in [0.25, 0.3) is 0 Å². The van der Waals surface area contributed by atoms with Crippen LogP contribution in [0.1, 0.15) is 22.6 Å². The van der Waals surface area contributed by atoms with E-state index >= 15 is 0 Å². The van der Waals surface area contributed by atoms with Crippen LogP contribution in [-0.4, -0.2) is 49.9 Å². The number of benzene rings is 1. The second-order valence-electron chi connectivity index (χ2n) is 5.34. The molecule has 5 N–H and O–H groups in total. The number of aliphatic carboxylic acids is 1. The predicted octanol–water partition coefficient (Wildman–Crippen LogP) is -0.478. The van der Waals surface area contributed by atoms with Gasteiger partial charge in [0.2, 0.25) is 5.82 Å². The lowest BCUT2D eigenvalue weighted by Gasteiger charge is -2.21. The average molecular weight is 334 g/mol. The third-order valence-electron chi connectivity index (χ3n) is 3.52. The van der Waals surface area contributed by atoms with Crippen molar-refractivity contribution in [1.29, 1.82) is 0 Å². The van der Waals surface area contributed by atoms with Crippen LogP contribution in [0.2, 0.25) is 0 Å². The minimum absolute atomic E-state index is 0.0428. The third kappa shape index (κ3) is 4.78. The van der Waals surface area contributed by atoms with Crippen LogP contribution in [0.4, 0.5) is 0 Å². The summed E-state index contributed by atoms with van der Waals surface area (Å²) < 4.78 is 0. The van der Waals surface area contributed by atoms with E-state index < -0.39 is 36.1 Å². The summed E-state index contributed by atoms with van der Waals surface area (Å²) in [7, 11) is 0. The van der Waals surface area contributed by atoms with Gasteiger partial charge in [0, 0.05) is 6.04 Å². The lowest BCUT2D eigenvalue weighted by Crippen LogP contribution is -2.40. The highest BCUT2D eigenvalue weighted by atomic mass is 16.4. The summed E-state index contributed by atoms with van der Waals surface area (Å²) >= 11 is 0. The summed E-state index contributed by atoms with van der Waals surface area (Å²) in [5.41, 5.74) is 0.291. The third-order valence-corrected chi connectivity index (χ3v) is 3.52. The maximum absolute atomic E-state index is 12.1. The van der Waals surface area contributed by atoms with E-state index in [2.05, 4.69) is 20.5 Å². The first-order valence-electron chi connectivity index (χ1n) is 7.32. The summed E-state index contributed by atoms with van der Waals surface area (Å²) in [5.74, 6) is -2.96. The number of aromatic nitrogens is 3. The minimum Gasteiger partial charge on any atom is -0.481 e. The Kier molecular flexibility index (Phi) is 5.85. The Hall–Kier alpha value is -2.94. The summed E-state index contributed by atoms with van der Waals surface area (Å²) in [6.45, 7) is -0.532. The molecule has 9 nitrogen and oxygen atoms in total. The van der Waals surface area contributed by atoms with Crippen LogP contribution < -0.4 is 11.0 Å². The van der Waals surface area contributed by atoms with Gasteiger partial charge in [-0.05, 0) is 18.4 Å². The Morgan fingerprint density at radius 1 is 1.25 bits per heavy atom. The highest BCUT2D eigenvalue weighted by molar-refractivity contribution is 5.90. The van der Waals surface area contributed by atoms with Crippen molar-refractivity contribution in [3.63, 3.8) is 0 Å². The SMILES string of the molecule is O=C(NC(Cc1ccccc1)CC(CO)C(=O)O)c1n[nH]c(=O)[nH]1. The fourth-order valence-corrected chi connectivity index (χ4v) is 2.32. The quantitative estimate of drug-likeness (QED) is 0.440. The molecule has 2 aromatic rings. The number of aromatic amines is 2. The molecule has 0 bridgehead atoms.